The number of aryl methyl sites for hydroxylation is 2. The minimum Gasteiger partial charge on any atom is -0.477 e. The molecule has 1 N–H and O–H groups in total. The fourth-order valence-electron chi connectivity index (χ4n) is 9.48. The fraction of sp³-hybridized carbons (Fsp3) is 0.194. The number of carboxylic acids is 1. The normalized spacial score (nSPS) is 11.6. The van der Waals surface area contributed by atoms with Crippen LogP contribution in [0, 0.1) is 23.0 Å². The third kappa shape index (κ3) is 11.0. The van der Waals surface area contributed by atoms with Gasteiger partial charge in [0.1, 0.15) is 23.3 Å². The average Bonchev–Trinajstić information content (AvgIpc) is 4.01. The number of nitrogens with zero attached hydrogens (tertiary/aromatic N) is 3. The maximum Gasteiger partial charge on any atom is 0.346 e. The number of halogens is 2. The first-order valence-electron chi connectivity index (χ1n) is 24.6. The van der Waals surface area contributed by atoms with Gasteiger partial charge < -0.3 is 14.9 Å². The van der Waals surface area contributed by atoms with E-state index < -0.39 is 5.97 Å². The second-order valence-corrected chi connectivity index (χ2v) is 20.1. The summed E-state index contributed by atoms with van der Waals surface area (Å²) in [4.78, 5) is 20.5. The smallest absolute Gasteiger partial charge is 0.346 e. The summed E-state index contributed by atoms with van der Waals surface area (Å²) in [5.74, 6) is -1.91. The molecule has 0 aliphatic rings. The average molecular weight is 976 g/mol. The number of unbranched alkanes of at least 4 members (excludes halogenated alkanes) is 6. The van der Waals surface area contributed by atoms with E-state index >= 15 is 0 Å². The van der Waals surface area contributed by atoms with E-state index in [0.717, 1.165) is 151 Å². The van der Waals surface area contributed by atoms with Gasteiger partial charge in [0.05, 0.1) is 11.4 Å². The van der Waals surface area contributed by atoms with Crippen LogP contribution >= 0.6 is 22.7 Å². The van der Waals surface area contributed by atoms with Crippen LogP contribution in [0.2, 0.25) is 0 Å². The number of nitriles is 1. The van der Waals surface area contributed by atoms with Gasteiger partial charge in [0, 0.05) is 53.0 Å². The Kier molecular flexibility index (Phi) is 15.5. The first kappa shape index (κ1) is 48.6. The second kappa shape index (κ2) is 22.6. The predicted octanol–water partition coefficient (Wildman–Crippen LogP) is 18.9. The standard InChI is InChI=1S/C62H55F2N3O2S2/c1-3-5-7-9-19-44-37-54(38-47(41-65)62(68)69)70-61(44)59-39-45(20-10-8-6-4-2)60(71-59)46-35-52(66(50-31-27-48(63)28-32-50)57-25-15-21-42-17-11-13-23-55(42)57)40-53(36-46)67(51-33-29-49(64)30-34-51)58-26-16-22-43-18-12-14-24-56(43)58/h11-18,21-40H,3-10,19-20H2,1-2H3,(H,68,69)/b47-38-. The van der Waals surface area contributed by atoms with Crippen molar-refractivity contribution >= 4 is 90.4 Å². The van der Waals surface area contributed by atoms with Crippen molar-refractivity contribution < 1.29 is 18.7 Å². The molecule has 0 radical (unpaired) electrons. The van der Waals surface area contributed by atoms with Gasteiger partial charge in [-0.25, -0.2) is 13.6 Å². The van der Waals surface area contributed by atoms with Gasteiger partial charge in [0.25, 0.3) is 0 Å². The maximum atomic E-state index is 14.9. The van der Waals surface area contributed by atoms with Crippen LogP contribution in [0.3, 0.4) is 0 Å². The lowest BCUT2D eigenvalue weighted by atomic mass is 10.00. The Hall–Kier alpha value is -7.38. The van der Waals surface area contributed by atoms with Gasteiger partial charge in [-0.1, -0.05) is 125 Å². The minimum absolute atomic E-state index is 0.294. The molecule has 0 saturated carbocycles. The molecule has 0 unspecified atom stereocenters. The fourth-order valence-corrected chi connectivity index (χ4v) is 12.0. The van der Waals surface area contributed by atoms with Crippen LogP contribution in [0.1, 0.15) is 81.2 Å². The molecular formula is C62H55F2N3O2S2. The molecule has 2 heterocycles. The van der Waals surface area contributed by atoms with Crippen molar-refractivity contribution in [3.05, 3.63) is 197 Å². The molecule has 0 aliphatic heterocycles. The van der Waals surface area contributed by atoms with Crippen molar-refractivity contribution in [1.82, 2.24) is 0 Å². The van der Waals surface area contributed by atoms with Crippen LogP contribution in [0.25, 0.3) is 47.8 Å². The van der Waals surface area contributed by atoms with E-state index in [2.05, 4.69) is 115 Å². The van der Waals surface area contributed by atoms with Gasteiger partial charge in [-0.2, -0.15) is 5.26 Å². The summed E-state index contributed by atoms with van der Waals surface area (Å²) in [6, 6.07) is 55.3. The lowest BCUT2D eigenvalue weighted by Gasteiger charge is -2.31. The minimum atomic E-state index is -1.24. The number of hydrogen-bond donors (Lipinski definition) is 1. The molecule has 0 spiro atoms. The van der Waals surface area contributed by atoms with Gasteiger partial charge in [0.2, 0.25) is 0 Å². The number of carboxylic acid groups (broad SMARTS) is 1. The number of aliphatic carboxylic acids is 1. The highest BCUT2D eigenvalue weighted by Crippen LogP contribution is 2.49. The summed E-state index contributed by atoms with van der Waals surface area (Å²) >= 11 is 3.28. The van der Waals surface area contributed by atoms with Crippen LogP contribution in [0.15, 0.2) is 169 Å². The molecular weight excluding hydrogens is 921 g/mol. The Labute approximate surface area is 423 Å². The van der Waals surface area contributed by atoms with Crippen LogP contribution < -0.4 is 9.80 Å². The van der Waals surface area contributed by atoms with Gasteiger partial charge in [-0.3, -0.25) is 0 Å². The predicted molar refractivity (Wildman–Crippen MR) is 294 cm³/mol. The summed E-state index contributed by atoms with van der Waals surface area (Å²) in [5, 5.41) is 23.8. The lowest BCUT2D eigenvalue weighted by Crippen LogP contribution is -2.14. The first-order valence-corrected chi connectivity index (χ1v) is 26.2. The Balaban J connectivity index is 1.33. The molecule has 9 rings (SSSR count). The van der Waals surface area contributed by atoms with Crippen LogP contribution in [0.5, 0.6) is 0 Å². The van der Waals surface area contributed by atoms with Gasteiger partial charge in [-0.05, 0) is 150 Å². The zero-order chi connectivity index (χ0) is 49.3. The highest BCUT2D eigenvalue weighted by Gasteiger charge is 2.25. The van der Waals surface area contributed by atoms with Gasteiger partial charge in [0.15, 0.2) is 0 Å². The molecule has 71 heavy (non-hydrogen) atoms. The molecule has 0 atom stereocenters. The first-order chi connectivity index (χ1) is 34.7. The van der Waals surface area contributed by atoms with E-state index in [-0.39, 0.29) is 17.2 Å². The number of thiophene rings is 2. The molecule has 7 aromatic carbocycles. The van der Waals surface area contributed by atoms with Crippen molar-refractivity contribution in [2.45, 2.75) is 78.1 Å². The number of anilines is 6. The SMILES string of the molecule is CCCCCCc1cc(-c2sc(/C=C(/C#N)C(=O)O)cc2CCCCCC)sc1-c1cc(N(c2ccc(F)cc2)c2cccc3ccccc23)cc(N(c2ccc(F)cc2)c2cccc3ccccc23)c1. The molecule has 2 aromatic heterocycles. The molecule has 0 amide bonds. The van der Waals surface area contributed by atoms with Crippen molar-refractivity contribution in [3.8, 4) is 26.3 Å². The summed E-state index contributed by atoms with van der Waals surface area (Å²) in [6.45, 7) is 4.42. The van der Waals surface area contributed by atoms with Gasteiger partial charge >= 0.3 is 5.97 Å². The maximum absolute atomic E-state index is 14.9. The highest BCUT2D eigenvalue weighted by molar-refractivity contribution is 7.24. The number of benzene rings is 7. The lowest BCUT2D eigenvalue weighted by molar-refractivity contribution is -0.132. The van der Waals surface area contributed by atoms with E-state index in [1.807, 2.05) is 54.6 Å². The Bertz CT molecular complexity index is 3230. The third-order valence-corrected chi connectivity index (χ3v) is 15.5. The van der Waals surface area contributed by atoms with E-state index in [1.165, 1.54) is 47.2 Å². The zero-order valence-electron chi connectivity index (χ0n) is 40.0. The van der Waals surface area contributed by atoms with Crippen LogP contribution in [-0.2, 0) is 17.6 Å². The number of hydrogen-bond acceptors (Lipinski definition) is 6. The Morgan fingerprint density at radius 1 is 0.563 bits per heavy atom. The monoisotopic (exact) mass is 975 g/mol. The van der Waals surface area contributed by atoms with E-state index in [4.69, 9.17) is 0 Å². The molecule has 0 saturated heterocycles. The van der Waals surface area contributed by atoms with E-state index in [9.17, 15) is 23.9 Å². The zero-order valence-corrected chi connectivity index (χ0v) is 41.6. The molecule has 0 fully saturated rings. The Morgan fingerprint density at radius 2 is 1.06 bits per heavy atom. The van der Waals surface area contributed by atoms with Crippen molar-refractivity contribution in [3.63, 3.8) is 0 Å². The largest absolute Gasteiger partial charge is 0.477 e. The highest BCUT2D eigenvalue weighted by atomic mass is 32.1. The van der Waals surface area contributed by atoms with E-state index in [1.54, 1.807) is 11.3 Å². The topological polar surface area (TPSA) is 67.6 Å². The summed E-state index contributed by atoms with van der Waals surface area (Å²) < 4.78 is 29.8. The third-order valence-electron chi connectivity index (χ3n) is 13.0. The van der Waals surface area contributed by atoms with Crippen LogP contribution in [0.4, 0.5) is 42.9 Å². The van der Waals surface area contributed by atoms with Gasteiger partial charge in [-0.15, -0.1) is 22.7 Å². The molecule has 0 bridgehead atoms. The van der Waals surface area contributed by atoms with Crippen molar-refractivity contribution in [2.75, 3.05) is 9.80 Å². The van der Waals surface area contributed by atoms with Crippen molar-refractivity contribution in [2.24, 2.45) is 0 Å². The number of carbonyl (C=O) groups is 1. The molecule has 9 heteroatoms. The molecule has 9 aromatic rings. The summed E-state index contributed by atoms with van der Waals surface area (Å²) in [6.07, 6.45) is 11.9. The quantitative estimate of drug-likeness (QED) is 0.0468. The summed E-state index contributed by atoms with van der Waals surface area (Å²) in [7, 11) is 0. The Morgan fingerprint density at radius 3 is 1.55 bits per heavy atom. The van der Waals surface area contributed by atoms with Crippen molar-refractivity contribution in [1.29, 1.82) is 5.26 Å². The van der Waals surface area contributed by atoms with E-state index in [0.29, 0.717) is 0 Å². The summed E-state index contributed by atoms with van der Waals surface area (Å²) in [5.41, 5.74) is 8.15. The second-order valence-electron chi connectivity index (χ2n) is 17.9. The molecule has 5 nitrogen and oxygen atoms in total. The molecule has 0 aliphatic carbocycles. The molecule has 356 valence electrons. The number of rotatable bonds is 20. The van der Waals surface area contributed by atoms with Crippen LogP contribution in [-0.4, -0.2) is 11.1 Å². The number of fused-ring (bicyclic) bond motifs is 2.